The van der Waals surface area contributed by atoms with E-state index in [1.54, 1.807) is 6.92 Å². The lowest BCUT2D eigenvalue weighted by Crippen LogP contribution is -2.70. The van der Waals surface area contributed by atoms with Gasteiger partial charge in [0.1, 0.15) is 67.1 Å². The Hall–Kier alpha value is -0.760. The zero-order valence-electron chi connectivity index (χ0n) is 24.8. The Balaban J connectivity index is 1.30. The Morgan fingerprint density at radius 2 is 1.20 bits per heavy atom. The molecule has 21 atom stereocenters. The number of fused-ring (bicyclic) bond motifs is 1. The van der Waals surface area contributed by atoms with Gasteiger partial charge in [0, 0.05) is 25.0 Å². The molecule has 0 spiro atoms. The van der Waals surface area contributed by atoms with Gasteiger partial charge in [-0.1, -0.05) is 0 Å². The summed E-state index contributed by atoms with van der Waals surface area (Å²) < 4.78 is 41.0. The number of aliphatic hydroxyl groups excluding tert-OH is 7. The summed E-state index contributed by atoms with van der Waals surface area (Å²) in [5, 5.41) is 74.3. The van der Waals surface area contributed by atoms with Gasteiger partial charge in [-0.25, -0.2) is 0 Å². The summed E-state index contributed by atoms with van der Waals surface area (Å²) in [6.45, 7) is 0.948. The molecule has 4 heterocycles. The smallest absolute Gasteiger partial charge is 0.187 e. The number of aliphatic hydroxyl groups is 7. The van der Waals surface area contributed by atoms with Crippen molar-refractivity contribution in [3.05, 3.63) is 0 Å². The van der Waals surface area contributed by atoms with Crippen molar-refractivity contribution in [2.75, 3.05) is 13.2 Å². The van der Waals surface area contributed by atoms with Gasteiger partial charge in [-0.2, -0.15) is 0 Å². The average molecular weight is 656 g/mol. The standard InChI is InChI=1S/C26H49N5O14/c1-6-2-9(33)20-23(39-6)17(37)13(31)25(43-20)42-19-8(29)3-7(28)14(34)22(19)45-26-18(38)21(11(5-32)41-26)44-24-12(30)16(36)15(35)10(4-27)40-24/h6-26,32-38H,2-5,27-31H2,1H3/t6?,7-,8?,9?,10?,11-,12?,13?,14?,15-,16?,17?,18+,19-,20?,21+,22?,23+,24-,25+,26+/m1/s1. The largest absolute Gasteiger partial charge is 0.394 e. The minimum Gasteiger partial charge on any atom is -0.394 e. The van der Waals surface area contributed by atoms with Crippen LogP contribution in [0, 0.1) is 0 Å². The predicted octanol–water partition coefficient (Wildman–Crippen LogP) is -7.68. The maximum Gasteiger partial charge on any atom is 0.187 e. The summed E-state index contributed by atoms with van der Waals surface area (Å²) in [6, 6.07) is -4.10. The van der Waals surface area contributed by atoms with Crippen LogP contribution in [0.1, 0.15) is 19.8 Å². The molecule has 11 unspecified atom stereocenters. The van der Waals surface area contributed by atoms with Gasteiger partial charge in [0.15, 0.2) is 18.9 Å². The molecule has 17 N–H and O–H groups in total. The zero-order valence-corrected chi connectivity index (χ0v) is 24.8. The molecule has 19 heteroatoms. The molecule has 19 nitrogen and oxygen atoms in total. The van der Waals surface area contributed by atoms with Crippen LogP contribution in [0.5, 0.6) is 0 Å². The molecule has 1 saturated carbocycles. The topological polar surface area (TPSA) is 336 Å². The molecule has 5 aliphatic rings. The van der Waals surface area contributed by atoms with Gasteiger partial charge in [0.05, 0.1) is 37.0 Å². The quantitative estimate of drug-likeness (QED) is 0.115. The number of hydrogen-bond donors (Lipinski definition) is 12. The van der Waals surface area contributed by atoms with Crippen LogP contribution in [0.2, 0.25) is 0 Å². The van der Waals surface area contributed by atoms with Crippen LogP contribution in [0.25, 0.3) is 0 Å². The SMILES string of the molecule is CC1CC(O)C2O[C@H](O[C@@H]3C(N)C[C@@H](N)C(O)C3O[C@@H]3O[C@H](CO)[C@H](O[C@H]4OC(CN)[C@@H](O)C(O)C4N)[C@@H]3O)C(N)C(O)[C@@H]2O1. The normalized spacial score (nSPS) is 55.8. The van der Waals surface area contributed by atoms with Gasteiger partial charge in [-0.3, -0.25) is 0 Å². The Kier molecular flexibility index (Phi) is 11.4. The third-order valence-electron chi connectivity index (χ3n) is 9.39. The first-order valence-electron chi connectivity index (χ1n) is 15.3. The van der Waals surface area contributed by atoms with E-state index in [9.17, 15) is 35.7 Å². The summed E-state index contributed by atoms with van der Waals surface area (Å²) in [7, 11) is 0. The molecular weight excluding hydrogens is 606 g/mol. The van der Waals surface area contributed by atoms with Crippen molar-refractivity contribution in [3.8, 4) is 0 Å². The number of nitrogens with two attached hydrogens (primary N) is 5. The molecular formula is C26H49N5O14. The van der Waals surface area contributed by atoms with E-state index in [0.717, 1.165) is 0 Å². The lowest BCUT2D eigenvalue weighted by Gasteiger charge is -2.50. The van der Waals surface area contributed by atoms with E-state index in [1.165, 1.54) is 0 Å². The second-order valence-corrected chi connectivity index (χ2v) is 12.7. The molecule has 1 aliphatic carbocycles. The van der Waals surface area contributed by atoms with Crippen molar-refractivity contribution in [2.24, 2.45) is 28.7 Å². The molecule has 5 rings (SSSR count). The van der Waals surface area contributed by atoms with Gasteiger partial charge in [-0.15, -0.1) is 0 Å². The van der Waals surface area contributed by atoms with Crippen molar-refractivity contribution >= 4 is 0 Å². The Morgan fingerprint density at radius 1 is 0.600 bits per heavy atom. The number of hydrogen-bond acceptors (Lipinski definition) is 19. The molecule has 0 aromatic rings. The van der Waals surface area contributed by atoms with Gasteiger partial charge in [-0.05, 0) is 13.3 Å². The van der Waals surface area contributed by atoms with Crippen molar-refractivity contribution < 1.29 is 68.9 Å². The summed E-state index contributed by atoms with van der Waals surface area (Å²) >= 11 is 0. The molecule has 5 fully saturated rings. The van der Waals surface area contributed by atoms with Gasteiger partial charge in [0.2, 0.25) is 0 Å². The van der Waals surface area contributed by atoms with Crippen LogP contribution in [-0.4, -0.2) is 177 Å². The number of ether oxygens (including phenoxy) is 7. The van der Waals surface area contributed by atoms with Crippen molar-refractivity contribution in [2.45, 2.75) is 148 Å². The van der Waals surface area contributed by atoms with Crippen molar-refractivity contribution in [1.82, 2.24) is 0 Å². The molecule has 0 bridgehead atoms. The minimum atomic E-state index is -1.60. The Bertz CT molecular complexity index is 977. The lowest BCUT2D eigenvalue weighted by atomic mass is 9.84. The third-order valence-corrected chi connectivity index (χ3v) is 9.39. The van der Waals surface area contributed by atoms with E-state index in [1.807, 2.05) is 0 Å². The molecule has 4 saturated heterocycles. The van der Waals surface area contributed by atoms with Gasteiger partial charge >= 0.3 is 0 Å². The molecule has 0 aromatic carbocycles. The van der Waals surface area contributed by atoms with Crippen LogP contribution in [0.3, 0.4) is 0 Å². The fraction of sp³-hybridized carbons (Fsp3) is 1.00. The first kappa shape index (κ1) is 35.5. The summed E-state index contributed by atoms with van der Waals surface area (Å²) in [6.07, 6.45) is -20.1. The maximum absolute atomic E-state index is 11.2. The summed E-state index contributed by atoms with van der Waals surface area (Å²) in [5.74, 6) is 0. The van der Waals surface area contributed by atoms with E-state index < -0.39 is 129 Å². The minimum absolute atomic E-state index is 0.0952. The summed E-state index contributed by atoms with van der Waals surface area (Å²) in [4.78, 5) is 0. The predicted molar refractivity (Wildman–Crippen MR) is 148 cm³/mol. The summed E-state index contributed by atoms with van der Waals surface area (Å²) in [5.41, 5.74) is 30.4. The highest BCUT2D eigenvalue weighted by atomic mass is 16.8. The third kappa shape index (κ3) is 6.90. The molecule has 0 aromatic heterocycles. The maximum atomic E-state index is 11.2. The highest BCUT2D eigenvalue weighted by Gasteiger charge is 2.55. The van der Waals surface area contributed by atoms with E-state index in [2.05, 4.69) is 0 Å². The van der Waals surface area contributed by atoms with E-state index in [-0.39, 0.29) is 25.5 Å². The highest BCUT2D eigenvalue weighted by molar-refractivity contribution is 5.03. The van der Waals surface area contributed by atoms with E-state index in [4.69, 9.17) is 61.8 Å². The van der Waals surface area contributed by atoms with E-state index in [0.29, 0.717) is 0 Å². The molecule has 262 valence electrons. The molecule has 0 amide bonds. The zero-order chi connectivity index (χ0) is 32.9. The molecule has 0 radical (unpaired) electrons. The van der Waals surface area contributed by atoms with E-state index >= 15 is 0 Å². The van der Waals surface area contributed by atoms with Crippen LogP contribution in [0.4, 0.5) is 0 Å². The van der Waals surface area contributed by atoms with Crippen molar-refractivity contribution in [3.63, 3.8) is 0 Å². The van der Waals surface area contributed by atoms with Crippen LogP contribution < -0.4 is 28.7 Å². The first-order valence-corrected chi connectivity index (χ1v) is 15.3. The lowest BCUT2D eigenvalue weighted by molar-refractivity contribution is -0.333. The number of rotatable bonds is 8. The van der Waals surface area contributed by atoms with Crippen LogP contribution in [-0.2, 0) is 33.2 Å². The van der Waals surface area contributed by atoms with Crippen molar-refractivity contribution in [1.29, 1.82) is 0 Å². The Morgan fingerprint density at radius 3 is 1.87 bits per heavy atom. The first-order chi connectivity index (χ1) is 21.3. The molecule has 4 aliphatic heterocycles. The average Bonchev–Trinajstić information content (AvgIpc) is 3.30. The fourth-order valence-corrected chi connectivity index (χ4v) is 6.76. The second-order valence-electron chi connectivity index (χ2n) is 12.7. The molecule has 45 heavy (non-hydrogen) atoms. The monoisotopic (exact) mass is 655 g/mol. The highest BCUT2D eigenvalue weighted by Crippen LogP contribution is 2.36. The second kappa shape index (κ2) is 14.4. The van der Waals surface area contributed by atoms with Crippen LogP contribution >= 0.6 is 0 Å². The van der Waals surface area contributed by atoms with Gasteiger partial charge < -0.3 is 97.6 Å². The van der Waals surface area contributed by atoms with Gasteiger partial charge in [0.25, 0.3) is 0 Å². The van der Waals surface area contributed by atoms with Crippen LogP contribution in [0.15, 0.2) is 0 Å². The fourth-order valence-electron chi connectivity index (χ4n) is 6.76. The Labute approximate surface area is 259 Å².